The molecule has 1 aromatic carbocycles. The van der Waals surface area contributed by atoms with E-state index < -0.39 is 5.54 Å². The van der Waals surface area contributed by atoms with Gasteiger partial charge in [0.1, 0.15) is 0 Å². The summed E-state index contributed by atoms with van der Waals surface area (Å²) in [6, 6.07) is 5.10. The smallest absolute Gasteiger partial charge is 0.251 e. The third kappa shape index (κ3) is 3.38. The van der Waals surface area contributed by atoms with Crippen LogP contribution in [0.4, 0.5) is 0 Å². The molecule has 1 amide bonds. The summed E-state index contributed by atoms with van der Waals surface area (Å²) in [5.74, 6) is 1.01. The van der Waals surface area contributed by atoms with Gasteiger partial charge in [0, 0.05) is 12.0 Å². The fraction of sp³-hybridized carbons (Fsp3) is 0.500. The third-order valence-corrected chi connectivity index (χ3v) is 2.86. The van der Waals surface area contributed by atoms with Gasteiger partial charge in [-0.05, 0) is 32.0 Å². The minimum Gasteiger partial charge on any atom is -0.490 e. The highest BCUT2D eigenvalue weighted by atomic mass is 16.5. The summed E-state index contributed by atoms with van der Waals surface area (Å²) >= 11 is 0. The van der Waals surface area contributed by atoms with Crippen molar-refractivity contribution in [2.75, 3.05) is 19.8 Å². The second-order valence-electron chi connectivity index (χ2n) is 5.21. The molecule has 0 saturated carbocycles. The van der Waals surface area contributed by atoms with Crippen LogP contribution in [0.1, 0.15) is 30.6 Å². The SMILES string of the molecule is CC(C)(CO)NC(=O)c1ccc2c(c1)OCCCO2. The molecule has 1 heterocycles. The number of carbonyl (C=O) groups is 1. The molecular weight excluding hydrogens is 246 g/mol. The van der Waals surface area contributed by atoms with Gasteiger partial charge in [0.15, 0.2) is 11.5 Å². The van der Waals surface area contributed by atoms with E-state index in [9.17, 15) is 4.79 Å². The summed E-state index contributed by atoms with van der Waals surface area (Å²) in [4.78, 5) is 12.1. The zero-order chi connectivity index (χ0) is 13.9. The van der Waals surface area contributed by atoms with Crippen molar-refractivity contribution < 1.29 is 19.4 Å². The van der Waals surface area contributed by atoms with Gasteiger partial charge < -0.3 is 19.9 Å². The van der Waals surface area contributed by atoms with E-state index in [-0.39, 0.29) is 12.5 Å². The summed E-state index contributed by atoms with van der Waals surface area (Å²) in [6.07, 6.45) is 0.827. The Labute approximate surface area is 112 Å². The highest BCUT2D eigenvalue weighted by molar-refractivity contribution is 5.95. The summed E-state index contributed by atoms with van der Waals surface area (Å²) in [6.45, 7) is 4.60. The molecule has 0 bridgehead atoms. The van der Waals surface area contributed by atoms with E-state index in [1.165, 1.54) is 0 Å². The van der Waals surface area contributed by atoms with E-state index in [0.717, 1.165) is 6.42 Å². The van der Waals surface area contributed by atoms with Crippen LogP contribution in [-0.2, 0) is 0 Å². The number of ether oxygens (including phenoxy) is 2. The summed E-state index contributed by atoms with van der Waals surface area (Å²) in [7, 11) is 0. The molecule has 1 aliphatic rings. The first-order valence-corrected chi connectivity index (χ1v) is 6.35. The number of hydrogen-bond acceptors (Lipinski definition) is 4. The quantitative estimate of drug-likeness (QED) is 0.865. The monoisotopic (exact) mass is 265 g/mol. The van der Waals surface area contributed by atoms with E-state index in [1.807, 2.05) is 0 Å². The molecule has 5 heteroatoms. The lowest BCUT2D eigenvalue weighted by atomic mass is 10.1. The normalized spacial score (nSPS) is 14.7. The number of nitrogens with one attached hydrogen (secondary N) is 1. The van der Waals surface area contributed by atoms with Crippen LogP contribution in [-0.4, -0.2) is 36.4 Å². The topological polar surface area (TPSA) is 67.8 Å². The number of amides is 1. The van der Waals surface area contributed by atoms with E-state index in [0.29, 0.717) is 30.3 Å². The molecule has 0 atom stereocenters. The Morgan fingerprint density at radius 3 is 2.68 bits per heavy atom. The molecule has 5 nitrogen and oxygen atoms in total. The van der Waals surface area contributed by atoms with Crippen LogP contribution < -0.4 is 14.8 Å². The summed E-state index contributed by atoms with van der Waals surface area (Å²) < 4.78 is 11.0. The van der Waals surface area contributed by atoms with Gasteiger partial charge in [0.2, 0.25) is 0 Å². The van der Waals surface area contributed by atoms with Gasteiger partial charge in [-0.2, -0.15) is 0 Å². The number of aliphatic hydroxyl groups is 1. The predicted molar refractivity (Wildman–Crippen MR) is 70.7 cm³/mol. The maximum Gasteiger partial charge on any atom is 0.251 e. The van der Waals surface area contributed by atoms with Crippen LogP contribution in [0, 0.1) is 0 Å². The molecule has 104 valence electrons. The Balaban J connectivity index is 2.17. The van der Waals surface area contributed by atoms with E-state index >= 15 is 0 Å². The highest BCUT2D eigenvalue weighted by Crippen LogP contribution is 2.30. The van der Waals surface area contributed by atoms with Crippen LogP contribution in [0.5, 0.6) is 11.5 Å². The number of fused-ring (bicyclic) bond motifs is 1. The molecule has 1 aliphatic heterocycles. The standard InChI is InChI=1S/C14H19NO4/c1-14(2,9-16)15-13(17)10-4-5-11-12(8-10)19-7-3-6-18-11/h4-5,8,16H,3,6-7,9H2,1-2H3,(H,15,17). The molecule has 0 aliphatic carbocycles. The first kappa shape index (κ1) is 13.7. The van der Waals surface area contributed by atoms with Crippen molar-refractivity contribution in [2.45, 2.75) is 25.8 Å². The van der Waals surface area contributed by atoms with Crippen molar-refractivity contribution in [1.82, 2.24) is 5.32 Å². The first-order valence-electron chi connectivity index (χ1n) is 6.35. The molecule has 0 unspecified atom stereocenters. The Kier molecular flexibility index (Phi) is 3.95. The molecule has 2 N–H and O–H groups in total. The Morgan fingerprint density at radius 2 is 2.00 bits per heavy atom. The minimum atomic E-state index is -0.652. The van der Waals surface area contributed by atoms with Crippen LogP contribution in [0.25, 0.3) is 0 Å². The zero-order valence-corrected chi connectivity index (χ0v) is 11.2. The summed E-state index contributed by atoms with van der Waals surface area (Å²) in [5, 5.41) is 11.9. The van der Waals surface area contributed by atoms with Gasteiger partial charge in [0.25, 0.3) is 5.91 Å². The Morgan fingerprint density at radius 1 is 1.32 bits per heavy atom. The van der Waals surface area contributed by atoms with E-state index in [2.05, 4.69) is 5.32 Å². The van der Waals surface area contributed by atoms with Gasteiger partial charge in [0.05, 0.1) is 25.4 Å². The first-order chi connectivity index (χ1) is 9.02. The number of carbonyl (C=O) groups excluding carboxylic acids is 1. The largest absolute Gasteiger partial charge is 0.490 e. The summed E-state index contributed by atoms with van der Waals surface area (Å²) in [5.41, 5.74) is -0.160. The van der Waals surface area contributed by atoms with Crippen molar-refractivity contribution >= 4 is 5.91 Å². The Bertz CT molecular complexity index is 471. The lowest BCUT2D eigenvalue weighted by Crippen LogP contribution is -2.46. The van der Waals surface area contributed by atoms with Crippen LogP contribution in [0.15, 0.2) is 18.2 Å². The van der Waals surface area contributed by atoms with Gasteiger partial charge in [-0.25, -0.2) is 0 Å². The fourth-order valence-electron chi connectivity index (χ4n) is 1.72. The average molecular weight is 265 g/mol. The third-order valence-electron chi connectivity index (χ3n) is 2.86. The number of aliphatic hydroxyl groups excluding tert-OH is 1. The van der Waals surface area contributed by atoms with Gasteiger partial charge in [-0.1, -0.05) is 0 Å². The second kappa shape index (κ2) is 5.48. The molecule has 0 spiro atoms. The maximum absolute atomic E-state index is 12.1. The van der Waals surface area contributed by atoms with Crippen molar-refractivity contribution in [1.29, 1.82) is 0 Å². The highest BCUT2D eigenvalue weighted by Gasteiger charge is 2.21. The molecule has 0 saturated heterocycles. The number of hydrogen-bond donors (Lipinski definition) is 2. The zero-order valence-electron chi connectivity index (χ0n) is 11.2. The van der Waals surface area contributed by atoms with Crippen LogP contribution in [0.3, 0.4) is 0 Å². The van der Waals surface area contributed by atoms with Crippen molar-refractivity contribution in [3.8, 4) is 11.5 Å². The molecule has 0 radical (unpaired) electrons. The van der Waals surface area contributed by atoms with Gasteiger partial charge in [-0.15, -0.1) is 0 Å². The van der Waals surface area contributed by atoms with Crippen LogP contribution in [0.2, 0.25) is 0 Å². The second-order valence-corrected chi connectivity index (χ2v) is 5.21. The molecular formula is C14H19NO4. The van der Waals surface area contributed by atoms with Crippen LogP contribution >= 0.6 is 0 Å². The molecule has 2 rings (SSSR count). The van der Waals surface area contributed by atoms with E-state index in [1.54, 1.807) is 32.0 Å². The van der Waals surface area contributed by atoms with Crippen molar-refractivity contribution in [3.63, 3.8) is 0 Å². The number of benzene rings is 1. The van der Waals surface area contributed by atoms with E-state index in [4.69, 9.17) is 14.6 Å². The van der Waals surface area contributed by atoms with Gasteiger partial charge >= 0.3 is 0 Å². The number of rotatable bonds is 3. The van der Waals surface area contributed by atoms with Crippen molar-refractivity contribution in [2.24, 2.45) is 0 Å². The maximum atomic E-state index is 12.1. The minimum absolute atomic E-state index is 0.122. The fourth-order valence-corrected chi connectivity index (χ4v) is 1.72. The Hall–Kier alpha value is -1.75. The predicted octanol–water partition coefficient (Wildman–Crippen LogP) is 1.35. The average Bonchev–Trinajstić information content (AvgIpc) is 2.62. The lowest BCUT2D eigenvalue weighted by molar-refractivity contribution is 0.0869. The lowest BCUT2D eigenvalue weighted by Gasteiger charge is -2.23. The molecule has 1 aromatic rings. The molecule has 0 aromatic heterocycles. The molecule has 19 heavy (non-hydrogen) atoms. The van der Waals surface area contributed by atoms with Crippen molar-refractivity contribution in [3.05, 3.63) is 23.8 Å². The van der Waals surface area contributed by atoms with Gasteiger partial charge in [-0.3, -0.25) is 4.79 Å². The molecule has 0 fully saturated rings.